The molecule has 11 heteroatoms. The van der Waals surface area contributed by atoms with Crippen molar-refractivity contribution in [1.82, 2.24) is 0 Å². The van der Waals surface area contributed by atoms with Gasteiger partial charge in [0.05, 0.1) is 30.4 Å². The largest absolute Gasteiger partial charge is 0.492 e. The molecule has 30 heavy (non-hydrogen) atoms. The van der Waals surface area contributed by atoms with Crippen LogP contribution in [-0.2, 0) is 15.4 Å². The monoisotopic (exact) mass is 435 g/mol. The van der Waals surface area contributed by atoms with Crippen LogP contribution in [0.4, 0.5) is 21.5 Å². The molecule has 0 fully saturated rings. The smallest absolute Gasteiger partial charge is 0.255 e. The lowest BCUT2D eigenvalue weighted by Crippen LogP contribution is -2.18. The van der Waals surface area contributed by atoms with E-state index in [0.29, 0.717) is 0 Å². The van der Waals surface area contributed by atoms with E-state index >= 15 is 0 Å². The van der Waals surface area contributed by atoms with E-state index in [9.17, 15) is 17.6 Å². The minimum Gasteiger partial charge on any atom is -0.492 e. The molecule has 0 aliphatic heterocycles. The van der Waals surface area contributed by atoms with Gasteiger partial charge in [0.15, 0.2) is 5.75 Å². The Morgan fingerprint density at radius 2 is 1.83 bits per heavy atom. The Balaban J connectivity index is 2.57. The fourth-order valence-corrected chi connectivity index (χ4v) is 3.17. The average Bonchev–Trinajstić information content (AvgIpc) is 2.61. The molecule has 0 aliphatic carbocycles. The zero-order chi connectivity index (χ0) is 22.7. The number of benzene rings is 2. The maximum atomic E-state index is 13.7. The van der Waals surface area contributed by atoms with E-state index in [-0.39, 0.29) is 33.8 Å². The number of ether oxygens (including phenoxy) is 1. The Morgan fingerprint density at radius 1 is 1.20 bits per heavy atom. The van der Waals surface area contributed by atoms with Gasteiger partial charge >= 0.3 is 0 Å². The van der Waals surface area contributed by atoms with E-state index in [1.165, 1.54) is 13.2 Å². The van der Waals surface area contributed by atoms with Crippen molar-refractivity contribution in [2.24, 2.45) is 5.11 Å². The normalized spacial score (nSPS) is 11.4. The van der Waals surface area contributed by atoms with E-state index in [1.807, 2.05) is 20.8 Å². The molecule has 0 unspecified atom stereocenters. The number of hydrogen-bond acceptors (Lipinski definition) is 5. The number of methoxy groups -OCH3 is 1. The van der Waals surface area contributed by atoms with Gasteiger partial charge in [0.2, 0.25) is 10.0 Å². The van der Waals surface area contributed by atoms with Gasteiger partial charge in [0.1, 0.15) is 5.82 Å². The van der Waals surface area contributed by atoms with E-state index < -0.39 is 21.7 Å². The molecular weight excluding hydrogens is 413 g/mol. The first kappa shape index (κ1) is 23.0. The number of nitrogens with zero attached hydrogens (tertiary/aromatic N) is 3. The molecule has 0 heterocycles. The zero-order valence-corrected chi connectivity index (χ0v) is 18.0. The molecule has 160 valence electrons. The van der Waals surface area contributed by atoms with Crippen LogP contribution in [0.3, 0.4) is 0 Å². The summed E-state index contributed by atoms with van der Waals surface area (Å²) >= 11 is 0. The fourth-order valence-electron chi connectivity index (χ4n) is 2.62. The number of carbonyl (C=O) groups is 1. The topological polar surface area (TPSA) is 133 Å². The highest BCUT2D eigenvalue weighted by molar-refractivity contribution is 7.92. The second kappa shape index (κ2) is 8.60. The predicted octanol–water partition coefficient (Wildman–Crippen LogP) is 4.70. The number of nitrogens with one attached hydrogen (secondary N) is 2. The Labute approximate surface area is 173 Å². The zero-order valence-electron chi connectivity index (χ0n) is 17.1. The minimum atomic E-state index is -3.62. The maximum Gasteiger partial charge on any atom is 0.255 e. The first-order chi connectivity index (χ1) is 13.9. The summed E-state index contributed by atoms with van der Waals surface area (Å²) < 4.78 is 45.0. The molecule has 1 amide bonds. The fraction of sp³-hybridized carbons (Fsp3) is 0.316. The van der Waals surface area contributed by atoms with Crippen molar-refractivity contribution < 1.29 is 22.3 Å². The molecule has 0 bridgehead atoms. The van der Waals surface area contributed by atoms with Crippen molar-refractivity contribution in [3.8, 4) is 5.75 Å². The third-order valence-electron chi connectivity index (χ3n) is 4.06. The highest BCUT2D eigenvalue weighted by Gasteiger charge is 2.22. The highest BCUT2D eigenvalue weighted by Crippen LogP contribution is 2.39. The Hall–Kier alpha value is -3.30. The molecule has 0 spiro atoms. The van der Waals surface area contributed by atoms with Crippen LogP contribution < -0.4 is 14.8 Å². The van der Waals surface area contributed by atoms with Gasteiger partial charge < -0.3 is 10.1 Å². The molecule has 0 aromatic heterocycles. The van der Waals surface area contributed by atoms with Crippen molar-refractivity contribution in [3.63, 3.8) is 0 Å². The Morgan fingerprint density at radius 3 is 2.37 bits per heavy atom. The van der Waals surface area contributed by atoms with Crippen LogP contribution in [0.15, 0.2) is 35.4 Å². The minimum absolute atomic E-state index is 0.0413. The summed E-state index contributed by atoms with van der Waals surface area (Å²) in [6, 6.07) is 6.66. The van der Waals surface area contributed by atoms with Crippen molar-refractivity contribution >= 4 is 33.0 Å². The van der Waals surface area contributed by atoms with Crippen LogP contribution in [0, 0.1) is 5.82 Å². The van der Waals surface area contributed by atoms with Crippen LogP contribution in [0.2, 0.25) is 0 Å². The van der Waals surface area contributed by atoms with Crippen LogP contribution in [0.1, 0.15) is 36.7 Å². The van der Waals surface area contributed by atoms with Crippen molar-refractivity contribution in [2.75, 3.05) is 23.4 Å². The summed E-state index contributed by atoms with van der Waals surface area (Å²) in [6.07, 6.45) is 1.00. The van der Waals surface area contributed by atoms with Gasteiger partial charge in [0, 0.05) is 10.5 Å². The van der Waals surface area contributed by atoms with Crippen LogP contribution in [0.25, 0.3) is 10.4 Å². The Bertz CT molecular complexity index is 1140. The van der Waals surface area contributed by atoms with E-state index in [2.05, 4.69) is 20.1 Å². The van der Waals surface area contributed by atoms with Gasteiger partial charge in [-0.2, -0.15) is 0 Å². The standard InChI is InChI=1S/C19H22FN5O4S/c1-19(2,3)12-9-15(17(29-4)16(10-12)24-30(5,27)28)22-18(26)11-6-7-13(20)14(8-11)23-25-21/h6-10,24H,1-5H3,(H,22,26). The van der Waals surface area contributed by atoms with E-state index in [1.54, 1.807) is 12.1 Å². The SMILES string of the molecule is COc1c(NC(=O)c2ccc(F)c(N=[N+]=[N-])c2)cc(C(C)(C)C)cc1NS(C)(=O)=O. The van der Waals surface area contributed by atoms with E-state index in [0.717, 1.165) is 24.0 Å². The van der Waals surface area contributed by atoms with Crippen LogP contribution >= 0.6 is 0 Å². The molecule has 0 saturated carbocycles. The summed E-state index contributed by atoms with van der Waals surface area (Å²) in [4.78, 5) is 15.3. The van der Waals surface area contributed by atoms with Gasteiger partial charge in [-0.05, 0) is 46.8 Å². The van der Waals surface area contributed by atoms with Gasteiger partial charge in [-0.1, -0.05) is 25.9 Å². The number of carbonyl (C=O) groups excluding carboxylic acids is 1. The second-order valence-corrected chi connectivity index (χ2v) is 9.29. The number of halogens is 1. The van der Waals surface area contributed by atoms with Gasteiger partial charge in [0.25, 0.3) is 5.91 Å². The lowest BCUT2D eigenvalue weighted by Gasteiger charge is -2.24. The summed E-state index contributed by atoms with van der Waals surface area (Å²) in [5, 5.41) is 5.86. The molecule has 0 radical (unpaired) electrons. The number of anilines is 2. The quantitative estimate of drug-likeness (QED) is 0.386. The lowest BCUT2D eigenvalue weighted by atomic mass is 9.86. The second-order valence-electron chi connectivity index (χ2n) is 7.54. The molecular formula is C19H22FN5O4S. The molecule has 2 rings (SSSR count). The molecule has 2 aromatic rings. The molecule has 0 atom stereocenters. The number of hydrogen-bond donors (Lipinski definition) is 2. The summed E-state index contributed by atoms with van der Waals surface area (Å²) in [5.41, 5.74) is 8.99. The first-order valence-electron chi connectivity index (χ1n) is 8.72. The third kappa shape index (κ3) is 5.62. The van der Waals surface area contributed by atoms with Crippen LogP contribution in [0.5, 0.6) is 5.75 Å². The lowest BCUT2D eigenvalue weighted by molar-refractivity contribution is 0.102. The summed E-state index contributed by atoms with van der Waals surface area (Å²) in [7, 11) is -2.28. The predicted molar refractivity (Wildman–Crippen MR) is 113 cm³/mol. The first-order valence-corrected chi connectivity index (χ1v) is 10.6. The van der Waals surface area contributed by atoms with Gasteiger partial charge in [-0.3, -0.25) is 9.52 Å². The summed E-state index contributed by atoms with van der Waals surface area (Å²) in [5.74, 6) is -1.28. The van der Waals surface area contributed by atoms with Gasteiger partial charge in [-0.25, -0.2) is 12.8 Å². The van der Waals surface area contributed by atoms with E-state index in [4.69, 9.17) is 10.3 Å². The molecule has 2 N–H and O–H groups in total. The van der Waals surface area contributed by atoms with Gasteiger partial charge in [-0.15, -0.1) is 0 Å². The number of amides is 1. The number of azide groups is 1. The molecule has 0 saturated heterocycles. The average molecular weight is 435 g/mol. The van der Waals surface area contributed by atoms with Crippen LogP contribution in [-0.4, -0.2) is 27.7 Å². The summed E-state index contributed by atoms with van der Waals surface area (Å²) in [6.45, 7) is 5.78. The molecule has 0 aliphatic rings. The molecule has 9 nitrogen and oxygen atoms in total. The molecule has 2 aromatic carbocycles. The van der Waals surface area contributed by atoms with Crippen molar-refractivity contribution in [1.29, 1.82) is 0 Å². The Kier molecular flexibility index (Phi) is 6.59. The number of rotatable bonds is 6. The maximum absolute atomic E-state index is 13.7. The third-order valence-corrected chi connectivity index (χ3v) is 4.65. The van der Waals surface area contributed by atoms with Crippen molar-refractivity contribution in [2.45, 2.75) is 26.2 Å². The highest BCUT2D eigenvalue weighted by atomic mass is 32.2. The number of sulfonamides is 1. The van der Waals surface area contributed by atoms with Crippen molar-refractivity contribution in [3.05, 3.63) is 57.7 Å².